The van der Waals surface area contributed by atoms with Crippen LogP contribution in [0, 0.1) is 0 Å². The minimum absolute atomic E-state index is 0.0653. The van der Waals surface area contributed by atoms with Crippen LogP contribution in [-0.2, 0) is 6.54 Å². The second kappa shape index (κ2) is 6.71. The molecular formula is C19H19N3OS. The Hall–Kier alpha value is -2.24. The lowest BCUT2D eigenvalue weighted by molar-refractivity contribution is 0.0628. The lowest BCUT2D eigenvalue weighted by atomic mass is 10.2. The Kier molecular flexibility index (Phi) is 4.28. The van der Waals surface area contributed by atoms with Gasteiger partial charge >= 0.3 is 0 Å². The van der Waals surface area contributed by atoms with Crippen molar-refractivity contribution in [3.8, 4) is 0 Å². The Morgan fingerprint density at radius 2 is 1.67 bits per heavy atom. The van der Waals surface area contributed by atoms with Crippen LogP contribution in [0.5, 0.6) is 0 Å². The highest BCUT2D eigenvalue weighted by Crippen LogP contribution is 2.23. The molecule has 4 nitrogen and oxygen atoms in total. The standard InChI is InChI=1S/C19H19N3OS/c23-19(18-20-16-8-4-5-9-17(16)24-18)22-12-10-21(11-13-22)14-15-6-2-1-3-7-15/h1-9H,10-14H2. The van der Waals surface area contributed by atoms with Crippen LogP contribution in [-0.4, -0.2) is 46.9 Å². The van der Waals surface area contributed by atoms with Gasteiger partial charge in [0.15, 0.2) is 5.01 Å². The van der Waals surface area contributed by atoms with E-state index in [1.165, 1.54) is 16.9 Å². The fourth-order valence-corrected chi connectivity index (χ4v) is 3.98. The number of thiazole rings is 1. The zero-order chi connectivity index (χ0) is 16.4. The molecule has 1 aromatic heterocycles. The molecule has 2 heterocycles. The second-order valence-electron chi connectivity index (χ2n) is 6.04. The summed E-state index contributed by atoms with van der Waals surface area (Å²) < 4.78 is 1.07. The fourth-order valence-electron chi connectivity index (χ4n) is 3.05. The quantitative estimate of drug-likeness (QED) is 0.736. The lowest BCUT2D eigenvalue weighted by Crippen LogP contribution is -2.48. The highest BCUT2D eigenvalue weighted by atomic mass is 32.1. The van der Waals surface area contributed by atoms with Crippen molar-refractivity contribution in [3.05, 3.63) is 65.2 Å². The number of para-hydroxylation sites is 1. The van der Waals surface area contributed by atoms with Crippen LogP contribution >= 0.6 is 11.3 Å². The van der Waals surface area contributed by atoms with Crippen LogP contribution in [0.4, 0.5) is 0 Å². The summed E-state index contributed by atoms with van der Waals surface area (Å²) in [5.74, 6) is 0.0653. The zero-order valence-electron chi connectivity index (χ0n) is 13.4. The SMILES string of the molecule is O=C(c1nc2ccccc2s1)N1CCN(Cc2ccccc2)CC1. The van der Waals surface area contributed by atoms with E-state index >= 15 is 0 Å². The van der Waals surface area contributed by atoms with Crippen LogP contribution in [0.2, 0.25) is 0 Å². The van der Waals surface area contributed by atoms with Crippen molar-refractivity contribution in [3.63, 3.8) is 0 Å². The van der Waals surface area contributed by atoms with E-state index in [-0.39, 0.29) is 5.91 Å². The molecule has 0 atom stereocenters. The van der Waals surface area contributed by atoms with Gasteiger partial charge in [0, 0.05) is 32.7 Å². The van der Waals surface area contributed by atoms with Crippen molar-refractivity contribution in [1.29, 1.82) is 0 Å². The number of piperazine rings is 1. The van der Waals surface area contributed by atoms with Gasteiger partial charge in [0.2, 0.25) is 0 Å². The maximum atomic E-state index is 12.7. The van der Waals surface area contributed by atoms with E-state index in [2.05, 4.69) is 34.1 Å². The molecule has 1 aliphatic heterocycles. The highest BCUT2D eigenvalue weighted by molar-refractivity contribution is 7.20. The molecule has 122 valence electrons. The number of benzene rings is 2. The average molecular weight is 337 g/mol. The molecular weight excluding hydrogens is 318 g/mol. The Labute approximate surface area is 145 Å². The molecule has 0 radical (unpaired) electrons. The number of fused-ring (bicyclic) bond motifs is 1. The summed E-state index contributed by atoms with van der Waals surface area (Å²) in [7, 11) is 0. The second-order valence-corrected chi connectivity index (χ2v) is 7.07. The Balaban J connectivity index is 1.39. The van der Waals surface area contributed by atoms with Gasteiger partial charge in [-0.05, 0) is 17.7 Å². The minimum Gasteiger partial charge on any atom is -0.334 e. The van der Waals surface area contributed by atoms with E-state index in [0.29, 0.717) is 5.01 Å². The number of rotatable bonds is 3. The van der Waals surface area contributed by atoms with Gasteiger partial charge in [-0.2, -0.15) is 0 Å². The molecule has 1 aliphatic rings. The van der Waals surface area contributed by atoms with Gasteiger partial charge in [-0.3, -0.25) is 9.69 Å². The molecule has 0 saturated carbocycles. The third-order valence-corrected chi connectivity index (χ3v) is 5.41. The van der Waals surface area contributed by atoms with E-state index in [1.54, 1.807) is 0 Å². The van der Waals surface area contributed by atoms with Gasteiger partial charge in [0.05, 0.1) is 10.2 Å². The smallest absolute Gasteiger partial charge is 0.282 e. The van der Waals surface area contributed by atoms with E-state index in [1.807, 2.05) is 35.2 Å². The molecule has 4 rings (SSSR count). The first-order valence-electron chi connectivity index (χ1n) is 8.21. The Morgan fingerprint density at radius 3 is 2.42 bits per heavy atom. The first kappa shape index (κ1) is 15.3. The highest BCUT2D eigenvalue weighted by Gasteiger charge is 2.24. The first-order valence-corrected chi connectivity index (χ1v) is 9.02. The third kappa shape index (κ3) is 3.18. The van der Waals surface area contributed by atoms with Crippen LogP contribution in [0.15, 0.2) is 54.6 Å². The van der Waals surface area contributed by atoms with Crippen LogP contribution < -0.4 is 0 Å². The van der Waals surface area contributed by atoms with Gasteiger partial charge in [-0.25, -0.2) is 4.98 Å². The molecule has 5 heteroatoms. The molecule has 2 aromatic carbocycles. The summed E-state index contributed by atoms with van der Waals surface area (Å²) in [5, 5.41) is 0.604. The molecule has 0 N–H and O–H groups in total. The summed E-state index contributed by atoms with van der Waals surface area (Å²) in [5.41, 5.74) is 2.23. The van der Waals surface area contributed by atoms with Crippen molar-refractivity contribution in [1.82, 2.24) is 14.8 Å². The van der Waals surface area contributed by atoms with E-state index in [4.69, 9.17) is 0 Å². The van der Waals surface area contributed by atoms with Gasteiger partial charge in [-0.15, -0.1) is 11.3 Å². The van der Waals surface area contributed by atoms with Crippen molar-refractivity contribution in [2.24, 2.45) is 0 Å². The van der Waals surface area contributed by atoms with Crippen molar-refractivity contribution >= 4 is 27.5 Å². The number of hydrogen-bond acceptors (Lipinski definition) is 4. The first-order chi connectivity index (χ1) is 11.8. The molecule has 0 aliphatic carbocycles. The molecule has 3 aromatic rings. The lowest BCUT2D eigenvalue weighted by Gasteiger charge is -2.34. The van der Waals surface area contributed by atoms with Crippen LogP contribution in [0.3, 0.4) is 0 Å². The number of carbonyl (C=O) groups is 1. The van der Waals surface area contributed by atoms with Crippen LogP contribution in [0.25, 0.3) is 10.2 Å². The van der Waals surface area contributed by atoms with Gasteiger partial charge in [0.1, 0.15) is 0 Å². The topological polar surface area (TPSA) is 36.4 Å². The number of nitrogens with zero attached hydrogens (tertiary/aromatic N) is 3. The summed E-state index contributed by atoms with van der Waals surface area (Å²) in [6.45, 7) is 4.30. The number of aromatic nitrogens is 1. The normalized spacial score (nSPS) is 15.8. The fraction of sp³-hybridized carbons (Fsp3) is 0.263. The van der Waals surface area contributed by atoms with E-state index < -0.39 is 0 Å². The van der Waals surface area contributed by atoms with Gasteiger partial charge in [-0.1, -0.05) is 42.5 Å². The Morgan fingerprint density at radius 1 is 0.958 bits per heavy atom. The largest absolute Gasteiger partial charge is 0.334 e. The van der Waals surface area contributed by atoms with E-state index in [0.717, 1.165) is 42.9 Å². The molecule has 0 bridgehead atoms. The Bertz CT molecular complexity index is 805. The summed E-state index contributed by atoms with van der Waals surface area (Å²) in [4.78, 5) is 21.5. The van der Waals surface area contributed by atoms with Gasteiger partial charge < -0.3 is 4.90 Å². The summed E-state index contributed by atoms with van der Waals surface area (Å²) >= 11 is 1.49. The van der Waals surface area contributed by atoms with Crippen molar-refractivity contribution in [2.45, 2.75) is 6.54 Å². The third-order valence-electron chi connectivity index (χ3n) is 4.39. The minimum atomic E-state index is 0.0653. The van der Waals surface area contributed by atoms with Crippen molar-refractivity contribution in [2.75, 3.05) is 26.2 Å². The van der Waals surface area contributed by atoms with Gasteiger partial charge in [0.25, 0.3) is 5.91 Å². The molecule has 1 saturated heterocycles. The predicted octanol–water partition coefficient (Wildman–Crippen LogP) is 3.25. The molecule has 0 spiro atoms. The maximum absolute atomic E-state index is 12.7. The molecule has 24 heavy (non-hydrogen) atoms. The van der Waals surface area contributed by atoms with Crippen molar-refractivity contribution < 1.29 is 4.79 Å². The van der Waals surface area contributed by atoms with E-state index in [9.17, 15) is 4.79 Å². The predicted molar refractivity (Wildman–Crippen MR) is 97.2 cm³/mol. The van der Waals surface area contributed by atoms with Crippen LogP contribution in [0.1, 0.15) is 15.4 Å². The monoisotopic (exact) mass is 337 g/mol. The average Bonchev–Trinajstić information content (AvgIpc) is 3.07. The number of hydrogen-bond donors (Lipinski definition) is 0. The molecule has 0 unspecified atom stereocenters. The number of carbonyl (C=O) groups excluding carboxylic acids is 1. The zero-order valence-corrected chi connectivity index (χ0v) is 14.2. The number of amides is 1. The maximum Gasteiger partial charge on any atom is 0.282 e. The summed E-state index contributed by atoms with van der Waals surface area (Å²) in [6.07, 6.45) is 0. The molecule has 1 amide bonds. The molecule has 1 fully saturated rings. The summed E-state index contributed by atoms with van der Waals surface area (Å²) in [6, 6.07) is 18.4.